The molecule has 2 atom stereocenters. The highest BCUT2D eigenvalue weighted by Crippen LogP contribution is 2.29. The Hall–Kier alpha value is -0.870. The van der Waals surface area contributed by atoms with Gasteiger partial charge < -0.3 is 0 Å². The van der Waals surface area contributed by atoms with Gasteiger partial charge in [-0.1, -0.05) is 19.9 Å². The van der Waals surface area contributed by atoms with Gasteiger partial charge in [-0.25, -0.2) is 8.42 Å². The number of benzene rings is 1. The molecule has 4 heteroatoms. The zero-order chi connectivity index (χ0) is 15.1. The molecule has 1 heterocycles. The largest absolute Gasteiger partial charge is 0.243 e. The quantitative estimate of drug-likeness (QED) is 0.839. The second-order valence-corrected chi connectivity index (χ2v) is 8.31. The highest BCUT2D eigenvalue weighted by molar-refractivity contribution is 7.89. The van der Waals surface area contributed by atoms with Crippen LogP contribution in [0, 0.1) is 32.6 Å². The summed E-state index contributed by atoms with van der Waals surface area (Å²) in [7, 11) is -3.36. The van der Waals surface area contributed by atoms with Gasteiger partial charge in [-0.15, -0.1) is 0 Å². The van der Waals surface area contributed by atoms with E-state index in [0.29, 0.717) is 29.8 Å². The van der Waals surface area contributed by atoms with Crippen molar-refractivity contribution < 1.29 is 8.42 Å². The molecule has 1 aromatic rings. The number of aryl methyl sites for hydroxylation is 1. The molecule has 1 aliphatic rings. The van der Waals surface area contributed by atoms with Crippen molar-refractivity contribution in [1.82, 2.24) is 4.31 Å². The van der Waals surface area contributed by atoms with Crippen LogP contribution in [0.5, 0.6) is 0 Å². The van der Waals surface area contributed by atoms with Crippen molar-refractivity contribution in [2.45, 2.75) is 45.9 Å². The summed E-state index contributed by atoms with van der Waals surface area (Å²) in [6, 6.07) is 3.67. The Kier molecular flexibility index (Phi) is 4.26. The van der Waals surface area contributed by atoms with Gasteiger partial charge in [0.25, 0.3) is 0 Å². The van der Waals surface area contributed by atoms with E-state index in [4.69, 9.17) is 0 Å². The van der Waals surface area contributed by atoms with Crippen molar-refractivity contribution in [3.05, 3.63) is 28.8 Å². The van der Waals surface area contributed by atoms with E-state index in [0.717, 1.165) is 23.1 Å². The molecule has 0 saturated carbocycles. The van der Waals surface area contributed by atoms with Crippen LogP contribution in [0.15, 0.2) is 17.0 Å². The Morgan fingerprint density at radius 2 is 1.55 bits per heavy atom. The molecule has 0 unspecified atom stereocenters. The molecule has 3 nitrogen and oxygen atoms in total. The third-order valence-electron chi connectivity index (χ3n) is 4.46. The number of piperidine rings is 1. The maximum absolute atomic E-state index is 12.9. The second-order valence-electron chi connectivity index (χ2n) is 6.40. The van der Waals surface area contributed by atoms with Crippen molar-refractivity contribution in [3.63, 3.8) is 0 Å². The summed E-state index contributed by atoms with van der Waals surface area (Å²) < 4.78 is 27.4. The van der Waals surface area contributed by atoms with E-state index in [1.807, 2.05) is 26.8 Å². The Labute approximate surface area is 123 Å². The molecule has 1 fully saturated rings. The van der Waals surface area contributed by atoms with Gasteiger partial charge in [0.15, 0.2) is 0 Å². The summed E-state index contributed by atoms with van der Waals surface area (Å²) in [5.74, 6) is 0.862. The first-order valence-corrected chi connectivity index (χ1v) is 8.74. The molecule has 0 spiro atoms. The first-order chi connectivity index (χ1) is 9.23. The Bertz CT molecular complexity index is 597. The second kappa shape index (κ2) is 5.49. The van der Waals surface area contributed by atoms with Crippen LogP contribution in [0.2, 0.25) is 0 Å². The van der Waals surface area contributed by atoms with E-state index in [1.54, 1.807) is 10.4 Å². The van der Waals surface area contributed by atoms with Crippen LogP contribution in [0.3, 0.4) is 0 Å². The van der Waals surface area contributed by atoms with Gasteiger partial charge in [-0.05, 0) is 61.8 Å². The fraction of sp³-hybridized carbons (Fsp3) is 0.625. The van der Waals surface area contributed by atoms with Crippen LogP contribution in [-0.4, -0.2) is 25.8 Å². The third kappa shape index (κ3) is 2.77. The highest BCUT2D eigenvalue weighted by Gasteiger charge is 2.32. The van der Waals surface area contributed by atoms with Gasteiger partial charge >= 0.3 is 0 Å². The predicted molar refractivity (Wildman–Crippen MR) is 82.4 cm³/mol. The standard InChI is InChI=1S/C16H25NO2S/c1-11-8-12(2)10-17(9-11)20(18,19)16-7-6-13(3)14(4)15(16)5/h6-7,11-12H,8-10H2,1-5H3/t11-,12+. The number of rotatable bonds is 2. The van der Waals surface area contributed by atoms with Gasteiger partial charge in [0.1, 0.15) is 0 Å². The van der Waals surface area contributed by atoms with Crippen LogP contribution in [-0.2, 0) is 10.0 Å². The molecule has 0 amide bonds. The molecule has 0 N–H and O–H groups in total. The smallest absolute Gasteiger partial charge is 0.207 e. The third-order valence-corrected chi connectivity index (χ3v) is 6.44. The summed E-state index contributed by atoms with van der Waals surface area (Å²) in [6.45, 7) is 11.5. The minimum atomic E-state index is -3.36. The molecule has 112 valence electrons. The van der Waals surface area contributed by atoms with Gasteiger partial charge in [0.2, 0.25) is 10.0 Å². The molecule has 2 rings (SSSR count). The summed E-state index contributed by atoms with van der Waals surface area (Å²) in [6.07, 6.45) is 1.11. The molecular formula is C16H25NO2S. The van der Waals surface area contributed by atoms with E-state index in [9.17, 15) is 8.42 Å². The summed E-state index contributed by atoms with van der Waals surface area (Å²) in [4.78, 5) is 0.474. The Morgan fingerprint density at radius 3 is 2.10 bits per heavy atom. The number of nitrogens with zero attached hydrogens (tertiary/aromatic N) is 1. The minimum absolute atomic E-state index is 0.431. The monoisotopic (exact) mass is 295 g/mol. The molecule has 0 aliphatic carbocycles. The topological polar surface area (TPSA) is 37.4 Å². The van der Waals surface area contributed by atoms with Gasteiger partial charge in [-0.3, -0.25) is 0 Å². The average molecular weight is 295 g/mol. The van der Waals surface area contributed by atoms with Crippen LogP contribution in [0.4, 0.5) is 0 Å². The average Bonchev–Trinajstić information content (AvgIpc) is 2.34. The fourth-order valence-corrected chi connectivity index (χ4v) is 5.11. The Balaban J connectivity index is 2.43. The highest BCUT2D eigenvalue weighted by atomic mass is 32.2. The van der Waals surface area contributed by atoms with Crippen molar-refractivity contribution in [2.24, 2.45) is 11.8 Å². The van der Waals surface area contributed by atoms with E-state index >= 15 is 0 Å². The molecule has 1 saturated heterocycles. The molecule has 0 radical (unpaired) electrons. The lowest BCUT2D eigenvalue weighted by molar-refractivity contribution is 0.222. The zero-order valence-electron chi connectivity index (χ0n) is 13.1. The summed E-state index contributed by atoms with van der Waals surface area (Å²) in [5, 5.41) is 0. The van der Waals surface area contributed by atoms with Crippen molar-refractivity contribution >= 4 is 10.0 Å². The van der Waals surface area contributed by atoms with Crippen molar-refractivity contribution in [3.8, 4) is 0 Å². The van der Waals surface area contributed by atoms with Crippen LogP contribution in [0.25, 0.3) is 0 Å². The predicted octanol–water partition coefficient (Wildman–Crippen LogP) is 3.28. The van der Waals surface area contributed by atoms with E-state index in [2.05, 4.69) is 13.8 Å². The Morgan fingerprint density at radius 1 is 1.00 bits per heavy atom. The maximum atomic E-state index is 12.9. The summed E-state index contributed by atoms with van der Waals surface area (Å²) >= 11 is 0. The number of sulfonamides is 1. The minimum Gasteiger partial charge on any atom is -0.207 e. The molecule has 1 aromatic carbocycles. The molecule has 0 aromatic heterocycles. The number of hydrogen-bond donors (Lipinski definition) is 0. The molecule has 0 bridgehead atoms. The summed E-state index contributed by atoms with van der Waals surface area (Å²) in [5.41, 5.74) is 3.10. The van der Waals surface area contributed by atoms with E-state index in [-0.39, 0.29) is 0 Å². The van der Waals surface area contributed by atoms with Crippen LogP contribution < -0.4 is 0 Å². The van der Waals surface area contributed by atoms with E-state index < -0.39 is 10.0 Å². The first-order valence-electron chi connectivity index (χ1n) is 7.30. The lowest BCUT2D eigenvalue weighted by Gasteiger charge is -2.34. The first kappa shape index (κ1) is 15.5. The molecular weight excluding hydrogens is 270 g/mol. The van der Waals surface area contributed by atoms with Crippen molar-refractivity contribution in [2.75, 3.05) is 13.1 Å². The SMILES string of the molecule is Cc1ccc(S(=O)(=O)N2C[C@H](C)C[C@H](C)C2)c(C)c1C. The van der Waals surface area contributed by atoms with Crippen LogP contribution in [0.1, 0.15) is 37.0 Å². The number of hydrogen-bond acceptors (Lipinski definition) is 2. The van der Waals surface area contributed by atoms with Gasteiger partial charge in [0, 0.05) is 13.1 Å². The van der Waals surface area contributed by atoms with Crippen molar-refractivity contribution in [1.29, 1.82) is 0 Å². The lowest BCUT2D eigenvalue weighted by atomic mass is 9.94. The maximum Gasteiger partial charge on any atom is 0.243 e. The lowest BCUT2D eigenvalue weighted by Crippen LogP contribution is -2.42. The van der Waals surface area contributed by atoms with Gasteiger partial charge in [-0.2, -0.15) is 4.31 Å². The molecule has 20 heavy (non-hydrogen) atoms. The van der Waals surface area contributed by atoms with Crippen LogP contribution >= 0.6 is 0 Å². The van der Waals surface area contributed by atoms with E-state index in [1.165, 1.54) is 0 Å². The van der Waals surface area contributed by atoms with Gasteiger partial charge in [0.05, 0.1) is 4.90 Å². The fourth-order valence-electron chi connectivity index (χ4n) is 3.15. The zero-order valence-corrected chi connectivity index (χ0v) is 13.9. The normalized spacial score (nSPS) is 24.9. The molecule has 1 aliphatic heterocycles.